The molecule has 3 N–H and O–H groups in total. The number of rotatable bonds is 8. The summed E-state index contributed by atoms with van der Waals surface area (Å²) in [5.41, 5.74) is 5.74. The van der Waals surface area contributed by atoms with Crippen LogP contribution in [-0.4, -0.2) is 55.0 Å². The minimum Gasteiger partial charge on any atom is -0.353 e. The number of hydrogen-bond acceptors (Lipinski definition) is 4. The number of carbonyl (C=O) groups excluding carboxylic acids is 1. The summed E-state index contributed by atoms with van der Waals surface area (Å²) in [6, 6.07) is 0.138. The van der Waals surface area contributed by atoms with Gasteiger partial charge < -0.3 is 16.0 Å². The monoisotopic (exact) mass is 247 g/mol. The predicted molar refractivity (Wildman–Crippen MR) is 71.8 cm³/mol. The van der Waals surface area contributed by atoms with Crippen molar-refractivity contribution in [3.63, 3.8) is 0 Å². The van der Waals surface area contributed by atoms with Gasteiger partial charge in [-0.05, 0) is 39.3 Å². The van der Waals surface area contributed by atoms with Gasteiger partial charge >= 0.3 is 0 Å². The SMILES string of the molecule is CSCC[C@H](N)C(=O)NCCN(C)C(C)C. The number of nitrogens with zero attached hydrogens (tertiary/aromatic N) is 1. The van der Waals surface area contributed by atoms with Crippen molar-refractivity contribution >= 4 is 17.7 Å². The van der Waals surface area contributed by atoms with E-state index in [2.05, 4.69) is 24.1 Å². The average Bonchev–Trinajstić information content (AvgIpc) is 2.25. The van der Waals surface area contributed by atoms with E-state index < -0.39 is 0 Å². The maximum Gasteiger partial charge on any atom is 0.236 e. The number of hydrogen-bond donors (Lipinski definition) is 2. The van der Waals surface area contributed by atoms with Crippen LogP contribution in [0.4, 0.5) is 0 Å². The Labute approximate surface area is 103 Å². The second-order valence-corrected chi connectivity index (χ2v) is 5.24. The van der Waals surface area contributed by atoms with Crippen molar-refractivity contribution in [3.05, 3.63) is 0 Å². The van der Waals surface area contributed by atoms with E-state index in [1.165, 1.54) is 0 Å². The molecule has 0 bridgehead atoms. The van der Waals surface area contributed by atoms with Crippen molar-refractivity contribution in [2.24, 2.45) is 5.73 Å². The Hall–Kier alpha value is -0.260. The van der Waals surface area contributed by atoms with Crippen LogP contribution in [0, 0.1) is 0 Å². The number of nitrogens with two attached hydrogens (primary N) is 1. The number of nitrogens with one attached hydrogen (secondary N) is 1. The minimum atomic E-state index is -0.364. The molecule has 0 radical (unpaired) electrons. The van der Waals surface area contributed by atoms with E-state index in [9.17, 15) is 4.79 Å². The smallest absolute Gasteiger partial charge is 0.236 e. The van der Waals surface area contributed by atoms with Gasteiger partial charge in [0.05, 0.1) is 6.04 Å². The standard InChI is InChI=1S/C11H25N3OS/c1-9(2)14(3)7-6-13-11(15)10(12)5-8-16-4/h9-10H,5-8,12H2,1-4H3,(H,13,15)/t10-/m0/s1. The fourth-order valence-corrected chi connectivity index (χ4v) is 1.61. The predicted octanol–water partition coefficient (Wildman–Crippen LogP) is 0.523. The maximum absolute atomic E-state index is 11.5. The Balaban J connectivity index is 3.64. The fourth-order valence-electron chi connectivity index (χ4n) is 1.12. The van der Waals surface area contributed by atoms with Crippen LogP contribution in [0.3, 0.4) is 0 Å². The zero-order valence-electron chi connectivity index (χ0n) is 10.8. The van der Waals surface area contributed by atoms with Gasteiger partial charge in [-0.25, -0.2) is 0 Å². The third kappa shape index (κ3) is 7.09. The molecule has 4 nitrogen and oxygen atoms in total. The lowest BCUT2D eigenvalue weighted by atomic mass is 10.2. The van der Waals surface area contributed by atoms with E-state index in [0.717, 1.165) is 18.7 Å². The van der Waals surface area contributed by atoms with Gasteiger partial charge in [0, 0.05) is 19.1 Å². The average molecular weight is 247 g/mol. The molecule has 0 unspecified atom stereocenters. The molecule has 1 amide bonds. The highest BCUT2D eigenvalue weighted by atomic mass is 32.2. The van der Waals surface area contributed by atoms with Gasteiger partial charge in [0.2, 0.25) is 5.91 Å². The molecule has 5 heteroatoms. The Kier molecular flexibility index (Phi) is 8.70. The van der Waals surface area contributed by atoms with Crippen molar-refractivity contribution in [2.75, 3.05) is 32.1 Å². The summed E-state index contributed by atoms with van der Waals surface area (Å²) in [7, 11) is 2.05. The zero-order chi connectivity index (χ0) is 12.6. The van der Waals surface area contributed by atoms with Gasteiger partial charge in [0.15, 0.2) is 0 Å². The zero-order valence-corrected chi connectivity index (χ0v) is 11.6. The van der Waals surface area contributed by atoms with Crippen molar-refractivity contribution < 1.29 is 4.79 Å². The van der Waals surface area contributed by atoms with Crippen molar-refractivity contribution in [1.82, 2.24) is 10.2 Å². The molecular formula is C11H25N3OS. The van der Waals surface area contributed by atoms with Gasteiger partial charge in [-0.15, -0.1) is 0 Å². The molecule has 96 valence electrons. The van der Waals surface area contributed by atoms with Crippen LogP contribution >= 0.6 is 11.8 Å². The number of likely N-dealkylation sites (N-methyl/N-ethyl adjacent to an activating group) is 1. The third-order valence-electron chi connectivity index (χ3n) is 2.62. The van der Waals surface area contributed by atoms with Gasteiger partial charge in [-0.2, -0.15) is 11.8 Å². The molecule has 0 aliphatic rings. The van der Waals surface area contributed by atoms with Gasteiger partial charge in [-0.1, -0.05) is 0 Å². The maximum atomic E-state index is 11.5. The molecule has 0 fully saturated rings. The molecule has 1 atom stereocenters. The first-order valence-electron chi connectivity index (χ1n) is 5.71. The Morgan fingerprint density at radius 3 is 2.62 bits per heavy atom. The van der Waals surface area contributed by atoms with Gasteiger partial charge in [0.25, 0.3) is 0 Å². The molecule has 0 aliphatic carbocycles. The highest BCUT2D eigenvalue weighted by molar-refractivity contribution is 7.98. The summed E-state index contributed by atoms with van der Waals surface area (Å²) in [6.45, 7) is 5.79. The van der Waals surface area contributed by atoms with E-state index in [1.54, 1.807) is 11.8 Å². The Bertz CT molecular complexity index is 200. The Morgan fingerprint density at radius 2 is 2.12 bits per heavy atom. The van der Waals surface area contributed by atoms with Gasteiger partial charge in [0.1, 0.15) is 0 Å². The Morgan fingerprint density at radius 1 is 1.50 bits per heavy atom. The highest BCUT2D eigenvalue weighted by Crippen LogP contribution is 1.98. The third-order valence-corrected chi connectivity index (χ3v) is 3.26. The van der Waals surface area contributed by atoms with Crippen LogP contribution in [0.15, 0.2) is 0 Å². The second kappa shape index (κ2) is 8.84. The summed E-state index contributed by atoms with van der Waals surface area (Å²) in [5, 5.41) is 2.86. The van der Waals surface area contributed by atoms with E-state index in [0.29, 0.717) is 12.6 Å². The number of carbonyl (C=O) groups is 1. The van der Waals surface area contributed by atoms with Crippen LogP contribution in [0.5, 0.6) is 0 Å². The largest absolute Gasteiger partial charge is 0.353 e. The minimum absolute atomic E-state index is 0.0359. The lowest BCUT2D eigenvalue weighted by Gasteiger charge is -2.21. The van der Waals surface area contributed by atoms with Crippen LogP contribution in [0.2, 0.25) is 0 Å². The first-order chi connectivity index (χ1) is 7.49. The van der Waals surface area contributed by atoms with Crippen molar-refractivity contribution in [1.29, 1.82) is 0 Å². The number of amides is 1. The molecule has 0 saturated heterocycles. The van der Waals surface area contributed by atoms with Crippen LogP contribution in [-0.2, 0) is 4.79 Å². The summed E-state index contributed by atoms with van der Waals surface area (Å²) >= 11 is 1.71. The first-order valence-corrected chi connectivity index (χ1v) is 7.11. The van der Waals surface area contributed by atoms with Gasteiger partial charge in [-0.3, -0.25) is 4.79 Å². The quantitative estimate of drug-likeness (QED) is 0.657. The van der Waals surface area contributed by atoms with Crippen molar-refractivity contribution in [3.8, 4) is 0 Å². The summed E-state index contributed by atoms with van der Waals surface area (Å²) in [6.07, 6.45) is 2.76. The molecule has 0 aromatic rings. The summed E-state index contributed by atoms with van der Waals surface area (Å²) in [4.78, 5) is 13.7. The van der Waals surface area contributed by atoms with Crippen LogP contribution in [0.1, 0.15) is 20.3 Å². The molecule has 16 heavy (non-hydrogen) atoms. The fraction of sp³-hybridized carbons (Fsp3) is 0.909. The lowest BCUT2D eigenvalue weighted by Crippen LogP contribution is -2.44. The highest BCUT2D eigenvalue weighted by Gasteiger charge is 2.12. The molecule has 0 heterocycles. The van der Waals surface area contributed by atoms with E-state index in [1.807, 2.05) is 13.3 Å². The molecule has 0 aromatic carbocycles. The lowest BCUT2D eigenvalue weighted by molar-refractivity contribution is -0.122. The molecule has 0 spiro atoms. The summed E-state index contributed by atoms with van der Waals surface area (Å²) < 4.78 is 0. The second-order valence-electron chi connectivity index (χ2n) is 4.25. The molecule has 0 aromatic heterocycles. The molecule has 0 rings (SSSR count). The molecule has 0 aliphatic heterocycles. The molecular weight excluding hydrogens is 222 g/mol. The summed E-state index contributed by atoms with van der Waals surface area (Å²) in [5.74, 6) is 0.895. The van der Waals surface area contributed by atoms with E-state index in [4.69, 9.17) is 5.73 Å². The van der Waals surface area contributed by atoms with Crippen LogP contribution in [0.25, 0.3) is 0 Å². The molecule has 0 saturated carbocycles. The van der Waals surface area contributed by atoms with Crippen molar-refractivity contribution in [2.45, 2.75) is 32.4 Å². The number of thioether (sulfide) groups is 1. The first kappa shape index (κ1) is 15.7. The van der Waals surface area contributed by atoms with Crippen LogP contribution < -0.4 is 11.1 Å². The van der Waals surface area contributed by atoms with E-state index in [-0.39, 0.29) is 11.9 Å². The topological polar surface area (TPSA) is 58.4 Å². The normalized spacial score (nSPS) is 13.2. The van der Waals surface area contributed by atoms with E-state index >= 15 is 0 Å².